The van der Waals surface area contributed by atoms with Crippen LogP contribution < -0.4 is 10.1 Å². The molecule has 1 amide bonds. The van der Waals surface area contributed by atoms with Crippen LogP contribution in [0.25, 0.3) is 11.3 Å². The van der Waals surface area contributed by atoms with E-state index in [1.165, 1.54) is 0 Å². The van der Waals surface area contributed by atoms with Crippen LogP contribution in [0.2, 0.25) is 5.02 Å². The van der Waals surface area contributed by atoms with Crippen LogP contribution in [0.1, 0.15) is 16.1 Å². The Balaban J connectivity index is 1.74. The quantitative estimate of drug-likeness (QED) is 0.715. The number of thioether (sulfide) groups is 1. The molecule has 3 aromatic rings. The Morgan fingerprint density at radius 3 is 2.92 bits per heavy atom. The molecule has 0 saturated heterocycles. The Hall–Kier alpha value is -2.44. The normalized spacial score (nSPS) is 12.3. The summed E-state index contributed by atoms with van der Waals surface area (Å²) in [5, 5.41) is 8.05. The molecule has 0 saturated carbocycles. The number of hydrogen-bond acceptors (Lipinski definition) is 4. The van der Waals surface area contributed by atoms with Crippen molar-refractivity contribution in [2.75, 3.05) is 12.4 Å². The van der Waals surface area contributed by atoms with Gasteiger partial charge in [-0.2, -0.15) is 5.10 Å². The smallest absolute Gasteiger partial charge is 0.276 e. The topological polar surface area (TPSA) is 56.1 Å². The number of benzene rings is 2. The van der Waals surface area contributed by atoms with Crippen LogP contribution in [0.5, 0.6) is 5.75 Å². The van der Waals surface area contributed by atoms with Crippen LogP contribution in [-0.4, -0.2) is 22.8 Å². The van der Waals surface area contributed by atoms with Crippen LogP contribution in [-0.2, 0) is 12.8 Å². The van der Waals surface area contributed by atoms with Gasteiger partial charge in [0.1, 0.15) is 5.75 Å². The van der Waals surface area contributed by atoms with E-state index in [1.54, 1.807) is 35.7 Å². The van der Waals surface area contributed by atoms with E-state index in [-0.39, 0.29) is 5.91 Å². The molecule has 1 aromatic heterocycles. The molecule has 2 heterocycles. The van der Waals surface area contributed by atoms with Gasteiger partial charge in [-0.3, -0.25) is 9.48 Å². The van der Waals surface area contributed by atoms with Crippen molar-refractivity contribution < 1.29 is 9.53 Å². The van der Waals surface area contributed by atoms with Crippen molar-refractivity contribution in [1.29, 1.82) is 0 Å². The molecule has 0 bridgehead atoms. The highest BCUT2D eigenvalue weighted by Gasteiger charge is 2.28. The summed E-state index contributed by atoms with van der Waals surface area (Å²) in [6, 6.07) is 13.1. The molecular formula is C19H16ClN3O2S. The van der Waals surface area contributed by atoms with Gasteiger partial charge in [0.2, 0.25) is 0 Å². The number of amides is 1. The van der Waals surface area contributed by atoms with Gasteiger partial charge in [-0.15, -0.1) is 11.8 Å². The van der Waals surface area contributed by atoms with Gasteiger partial charge in [-0.1, -0.05) is 23.7 Å². The van der Waals surface area contributed by atoms with E-state index in [2.05, 4.69) is 10.4 Å². The van der Waals surface area contributed by atoms with E-state index in [0.717, 1.165) is 21.7 Å². The molecule has 1 N–H and O–H groups in total. The predicted molar refractivity (Wildman–Crippen MR) is 104 cm³/mol. The Kier molecular flexibility index (Phi) is 4.38. The highest BCUT2D eigenvalue weighted by Crippen LogP contribution is 2.43. The number of nitrogens with one attached hydrogen (secondary N) is 1. The summed E-state index contributed by atoms with van der Waals surface area (Å²) >= 11 is 7.86. The third-order valence-corrected chi connectivity index (χ3v) is 5.62. The first-order valence-corrected chi connectivity index (χ1v) is 9.38. The second-order valence-corrected chi connectivity index (χ2v) is 7.34. The predicted octanol–water partition coefficient (Wildman–Crippen LogP) is 4.61. The van der Waals surface area contributed by atoms with Crippen LogP contribution in [0.15, 0.2) is 47.4 Å². The zero-order valence-corrected chi connectivity index (χ0v) is 15.8. The second kappa shape index (κ2) is 6.70. The molecule has 0 aliphatic carbocycles. The lowest BCUT2D eigenvalue weighted by Crippen LogP contribution is -2.15. The third kappa shape index (κ3) is 2.85. The number of aromatic nitrogens is 2. The number of ether oxygens (including phenoxy) is 1. The molecule has 0 radical (unpaired) electrons. The first kappa shape index (κ1) is 17.0. The Bertz CT molecular complexity index is 1020. The largest absolute Gasteiger partial charge is 0.495 e. The lowest BCUT2D eigenvalue weighted by molar-refractivity contribution is 0.102. The van der Waals surface area contributed by atoms with E-state index in [1.807, 2.05) is 37.4 Å². The van der Waals surface area contributed by atoms with Crippen molar-refractivity contribution in [2.45, 2.75) is 10.6 Å². The van der Waals surface area contributed by atoms with E-state index in [4.69, 9.17) is 16.3 Å². The lowest BCUT2D eigenvalue weighted by atomic mass is 10.1. The number of para-hydroxylation sites is 2. The number of fused-ring (bicyclic) bond motifs is 3. The fourth-order valence-corrected chi connectivity index (χ4v) is 4.34. The van der Waals surface area contributed by atoms with Gasteiger partial charge in [0.15, 0.2) is 5.69 Å². The van der Waals surface area contributed by atoms with E-state index < -0.39 is 0 Å². The molecule has 132 valence electrons. The standard InChI is InChI=1S/C19H16ClN3O2S/c1-23-18-12-9-11(20)7-8-16(12)26-10-13(18)17(22-23)19(24)21-14-5-3-4-6-15(14)25-2/h3-9H,10H2,1-2H3,(H,21,24). The summed E-state index contributed by atoms with van der Waals surface area (Å²) < 4.78 is 7.05. The van der Waals surface area contributed by atoms with Gasteiger partial charge in [0, 0.05) is 33.8 Å². The minimum absolute atomic E-state index is 0.252. The maximum Gasteiger partial charge on any atom is 0.276 e. The van der Waals surface area contributed by atoms with E-state index >= 15 is 0 Å². The van der Waals surface area contributed by atoms with Crippen molar-refractivity contribution in [1.82, 2.24) is 9.78 Å². The average molecular weight is 386 g/mol. The summed E-state index contributed by atoms with van der Waals surface area (Å²) in [6.07, 6.45) is 0. The third-order valence-electron chi connectivity index (χ3n) is 4.28. The molecule has 2 aromatic carbocycles. The number of methoxy groups -OCH3 is 1. The minimum Gasteiger partial charge on any atom is -0.495 e. The maximum absolute atomic E-state index is 12.9. The molecule has 5 nitrogen and oxygen atoms in total. The number of rotatable bonds is 3. The first-order valence-electron chi connectivity index (χ1n) is 8.01. The highest BCUT2D eigenvalue weighted by molar-refractivity contribution is 7.98. The van der Waals surface area contributed by atoms with Crippen molar-refractivity contribution in [3.05, 3.63) is 58.7 Å². The Labute approximate surface area is 160 Å². The fraction of sp³-hybridized carbons (Fsp3) is 0.158. The van der Waals surface area contributed by atoms with Gasteiger partial charge < -0.3 is 10.1 Å². The van der Waals surface area contributed by atoms with E-state index in [9.17, 15) is 4.79 Å². The van der Waals surface area contributed by atoms with Crippen molar-refractivity contribution >= 4 is 35.0 Å². The molecular weight excluding hydrogens is 370 g/mol. The first-order chi connectivity index (χ1) is 12.6. The number of hydrogen-bond donors (Lipinski definition) is 1. The molecule has 0 spiro atoms. The number of nitrogens with zero attached hydrogens (tertiary/aromatic N) is 2. The van der Waals surface area contributed by atoms with E-state index in [0.29, 0.717) is 27.9 Å². The van der Waals surface area contributed by atoms with Crippen LogP contribution >= 0.6 is 23.4 Å². The van der Waals surface area contributed by atoms with Crippen LogP contribution in [0.4, 0.5) is 5.69 Å². The van der Waals surface area contributed by atoms with Gasteiger partial charge >= 0.3 is 0 Å². The Morgan fingerprint density at radius 1 is 1.31 bits per heavy atom. The molecule has 4 rings (SSSR count). The molecule has 7 heteroatoms. The molecule has 26 heavy (non-hydrogen) atoms. The SMILES string of the molecule is COc1ccccc1NC(=O)c1nn(C)c2c1CSc1ccc(Cl)cc1-2. The fourth-order valence-electron chi connectivity index (χ4n) is 3.12. The Morgan fingerprint density at radius 2 is 2.12 bits per heavy atom. The van der Waals surface area contributed by atoms with Crippen molar-refractivity contribution in [3.63, 3.8) is 0 Å². The monoisotopic (exact) mass is 385 g/mol. The minimum atomic E-state index is -0.252. The molecule has 0 unspecified atom stereocenters. The highest BCUT2D eigenvalue weighted by atomic mass is 35.5. The molecule has 0 atom stereocenters. The van der Waals surface area contributed by atoms with Crippen LogP contribution in [0.3, 0.4) is 0 Å². The summed E-state index contributed by atoms with van der Waals surface area (Å²) in [4.78, 5) is 14.0. The van der Waals surface area contributed by atoms with Gasteiger partial charge in [-0.05, 0) is 30.3 Å². The zero-order valence-electron chi connectivity index (χ0n) is 14.2. The molecule has 1 aliphatic heterocycles. The summed E-state index contributed by atoms with van der Waals surface area (Å²) in [5.74, 6) is 1.04. The number of carbonyl (C=O) groups excluding carboxylic acids is 1. The van der Waals surface area contributed by atoms with Crippen LogP contribution in [0, 0.1) is 0 Å². The van der Waals surface area contributed by atoms with Gasteiger partial charge in [0.05, 0.1) is 18.5 Å². The lowest BCUT2D eigenvalue weighted by Gasteiger charge is -2.17. The van der Waals surface area contributed by atoms with Crippen molar-refractivity contribution in [3.8, 4) is 17.0 Å². The molecule has 0 fully saturated rings. The molecule has 1 aliphatic rings. The average Bonchev–Trinajstić information content (AvgIpc) is 2.99. The number of halogens is 1. The maximum atomic E-state index is 12.9. The van der Waals surface area contributed by atoms with Crippen molar-refractivity contribution in [2.24, 2.45) is 7.05 Å². The van der Waals surface area contributed by atoms with Gasteiger partial charge in [-0.25, -0.2) is 0 Å². The number of aryl methyl sites for hydroxylation is 1. The van der Waals surface area contributed by atoms with Gasteiger partial charge in [0.25, 0.3) is 5.91 Å². The summed E-state index contributed by atoms with van der Waals surface area (Å²) in [6.45, 7) is 0. The number of anilines is 1. The summed E-state index contributed by atoms with van der Waals surface area (Å²) in [7, 11) is 3.42. The number of carbonyl (C=O) groups is 1. The second-order valence-electron chi connectivity index (χ2n) is 5.88. The zero-order chi connectivity index (χ0) is 18.3. The summed E-state index contributed by atoms with van der Waals surface area (Å²) in [5.41, 5.74) is 3.90.